The molecule has 0 spiro atoms. The predicted molar refractivity (Wildman–Crippen MR) is 114 cm³/mol. The van der Waals surface area contributed by atoms with Crippen LogP contribution < -0.4 is 0 Å². The summed E-state index contributed by atoms with van der Waals surface area (Å²) in [6.07, 6.45) is 19.0. The number of hydrogen-bond donors (Lipinski definition) is 1. The number of carbonyl (C=O) groups excluding carboxylic acids is 1. The molecule has 1 aromatic rings. The third kappa shape index (κ3) is 10.9. The van der Waals surface area contributed by atoms with Crippen molar-refractivity contribution in [3.05, 3.63) is 47.5 Å². The molecule has 0 saturated carbocycles. The van der Waals surface area contributed by atoms with E-state index in [1.807, 2.05) is 0 Å². The van der Waals surface area contributed by atoms with Crippen LogP contribution in [0.3, 0.4) is 0 Å². The minimum atomic E-state index is -1.11. The van der Waals surface area contributed by atoms with Gasteiger partial charge in [-0.05, 0) is 44.2 Å². The number of benzene rings is 1. The van der Waals surface area contributed by atoms with Gasteiger partial charge in [-0.3, -0.25) is 0 Å². The Bertz CT molecular complexity index is 592. The maximum absolute atomic E-state index is 12.0. The molecule has 4 heteroatoms. The predicted octanol–water partition coefficient (Wildman–Crippen LogP) is 6.80. The van der Waals surface area contributed by atoms with Gasteiger partial charge in [0.05, 0.1) is 17.7 Å². The van der Waals surface area contributed by atoms with Gasteiger partial charge in [0, 0.05) is 0 Å². The Morgan fingerprint density at radius 1 is 0.821 bits per heavy atom. The number of allylic oxidation sites excluding steroid dienone is 2. The van der Waals surface area contributed by atoms with Gasteiger partial charge in [-0.15, -0.1) is 0 Å². The average Bonchev–Trinajstić information content (AvgIpc) is 2.70. The van der Waals surface area contributed by atoms with Crippen LogP contribution in [-0.4, -0.2) is 23.7 Å². The first-order valence-electron chi connectivity index (χ1n) is 10.8. The lowest BCUT2D eigenvalue weighted by molar-refractivity contribution is 0.0487. The topological polar surface area (TPSA) is 63.6 Å². The molecule has 0 fully saturated rings. The molecule has 0 heterocycles. The largest absolute Gasteiger partial charge is 0.478 e. The van der Waals surface area contributed by atoms with Gasteiger partial charge in [0.25, 0.3) is 0 Å². The molecule has 1 aromatic carbocycles. The van der Waals surface area contributed by atoms with E-state index in [4.69, 9.17) is 9.84 Å². The first-order chi connectivity index (χ1) is 13.7. The minimum absolute atomic E-state index is 0.0108. The molecular weight excluding hydrogens is 352 g/mol. The quantitative estimate of drug-likeness (QED) is 0.192. The Morgan fingerprint density at radius 3 is 1.96 bits per heavy atom. The molecule has 0 saturated heterocycles. The van der Waals surface area contributed by atoms with Crippen LogP contribution in [0.2, 0.25) is 0 Å². The first-order valence-corrected chi connectivity index (χ1v) is 10.8. The van der Waals surface area contributed by atoms with Gasteiger partial charge in [0.2, 0.25) is 0 Å². The molecule has 0 aliphatic heterocycles. The summed E-state index contributed by atoms with van der Waals surface area (Å²) in [6, 6.07) is 6.16. The molecule has 0 aliphatic rings. The highest BCUT2D eigenvalue weighted by Gasteiger charge is 2.16. The van der Waals surface area contributed by atoms with Crippen LogP contribution in [0.4, 0.5) is 0 Å². The highest BCUT2D eigenvalue weighted by molar-refractivity contribution is 6.02. The lowest BCUT2D eigenvalue weighted by atomic mass is 10.1. The second kappa shape index (κ2) is 15.9. The Hall–Kier alpha value is -2.10. The summed E-state index contributed by atoms with van der Waals surface area (Å²) in [6.45, 7) is 2.58. The van der Waals surface area contributed by atoms with E-state index in [0.717, 1.165) is 19.3 Å². The fourth-order valence-corrected chi connectivity index (χ4v) is 3.09. The van der Waals surface area contributed by atoms with Crippen LogP contribution in [0.5, 0.6) is 0 Å². The summed E-state index contributed by atoms with van der Waals surface area (Å²) in [5.74, 6) is -1.67. The SMILES string of the molecule is CCCCC/C=C/CCCCCCCCCOC(=O)c1ccccc1C(=O)O. The lowest BCUT2D eigenvalue weighted by Crippen LogP contribution is -2.12. The molecule has 0 bridgehead atoms. The zero-order valence-electron chi connectivity index (χ0n) is 17.3. The van der Waals surface area contributed by atoms with Gasteiger partial charge in [0.15, 0.2) is 0 Å². The molecule has 0 amide bonds. The molecule has 0 atom stereocenters. The Labute approximate surface area is 170 Å². The van der Waals surface area contributed by atoms with E-state index in [0.29, 0.717) is 6.61 Å². The van der Waals surface area contributed by atoms with Crippen molar-refractivity contribution in [2.75, 3.05) is 6.61 Å². The van der Waals surface area contributed by atoms with E-state index < -0.39 is 11.9 Å². The summed E-state index contributed by atoms with van der Waals surface area (Å²) in [5.41, 5.74) is 0.109. The standard InChI is InChI=1S/C24H36O4/c1-2-3-4-5-6-7-8-9-10-11-12-13-14-17-20-28-24(27)22-19-16-15-18-21(22)23(25)26/h6-7,15-16,18-19H,2-5,8-14,17,20H2,1H3,(H,25,26)/b7-6+. The number of aromatic carboxylic acids is 1. The van der Waals surface area contributed by atoms with Crippen LogP contribution in [-0.2, 0) is 4.74 Å². The summed E-state index contributed by atoms with van der Waals surface area (Å²) in [7, 11) is 0. The zero-order chi connectivity index (χ0) is 20.5. The molecular formula is C24H36O4. The molecule has 156 valence electrons. The smallest absolute Gasteiger partial charge is 0.339 e. The van der Waals surface area contributed by atoms with Gasteiger partial charge in [-0.25, -0.2) is 9.59 Å². The van der Waals surface area contributed by atoms with Gasteiger partial charge in [-0.2, -0.15) is 0 Å². The number of ether oxygens (including phenoxy) is 1. The van der Waals surface area contributed by atoms with Crippen molar-refractivity contribution in [3.8, 4) is 0 Å². The fraction of sp³-hybridized carbons (Fsp3) is 0.583. The zero-order valence-corrected chi connectivity index (χ0v) is 17.3. The maximum atomic E-state index is 12.0. The number of carboxylic acids is 1. The van der Waals surface area contributed by atoms with Crippen molar-refractivity contribution in [1.29, 1.82) is 0 Å². The third-order valence-electron chi connectivity index (χ3n) is 4.77. The van der Waals surface area contributed by atoms with Crippen LogP contribution >= 0.6 is 0 Å². The van der Waals surface area contributed by atoms with E-state index >= 15 is 0 Å². The molecule has 0 unspecified atom stereocenters. The van der Waals surface area contributed by atoms with Crippen LogP contribution in [0.1, 0.15) is 105 Å². The highest BCUT2D eigenvalue weighted by Crippen LogP contribution is 2.12. The Kier molecular flexibility index (Phi) is 13.6. The summed E-state index contributed by atoms with van der Waals surface area (Å²) >= 11 is 0. The van der Waals surface area contributed by atoms with Crippen LogP contribution in [0.25, 0.3) is 0 Å². The molecule has 0 aliphatic carbocycles. The van der Waals surface area contributed by atoms with Crippen LogP contribution in [0.15, 0.2) is 36.4 Å². The van der Waals surface area contributed by atoms with Crippen molar-refractivity contribution in [1.82, 2.24) is 0 Å². The van der Waals surface area contributed by atoms with Crippen molar-refractivity contribution in [3.63, 3.8) is 0 Å². The number of unbranched alkanes of at least 4 members (excludes halogenated alkanes) is 10. The van der Waals surface area contributed by atoms with E-state index in [2.05, 4.69) is 19.1 Å². The van der Waals surface area contributed by atoms with Gasteiger partial charge in [0.1, 0.15) is 0 Å². The number of hydrogen-bond acceptors (Lipinski definition) is 3. The van der Waals surface area contributed by atoms with E-state index in [1.165, 1.54) is 69.9 Å². The normalized spacial score (nSPS) is 11.0. The number of rotatable bonds is 16. The van der Waals surface area contributed by atoms with Crippen molar-refractivity contribution in [2.24, 2.45) is 0 Å². The number of carbonyl (C=O) groups is 2. The Balaban J connectivity index is 1.98. The van der Waals surface area contributed by atoms with Gasteiger partial charge >= 0.3 is 11.9 Å². The third-order valence-corrected chi connectivity index (χ3v) is 4.77. The van der Waals surface area contributed by atoms with Crippen molar-refractivity contribution >= 4 is 11.9 Å². The summed E-state index contributed by atoms with van der Waals surface area (Å²) in [5, 5.41) is 9.11. The van der Waals surface area contributed by atoms with E-state index in [9.17, 15) is 9.59 Å². The van der Waals surface area contributed by atoms with Gasteiger partial charge < -0.3 is 9.84 Å². The summed E-state index contributed by atoms with van der Waals surface area (Å²) < 4.78 is 5.22. The lowest BCUT2D eigenvalue weighted by Gasteiger charge is -2.07. The molecule has 28 heavy (non-hydrogen) atoms. The van der Waals surface area contributed by atoms with Crippen molar-refractivity contribution < 1.29 is 19.4 Å². The monoisotopic (exact) mass is 388 g/mol. The fourth-order valence-electron chi connectivity index (χ4n) is 3.09. The van der Waals surface area contributed by atoms with Crippen LogP contribution in [0, 0.1) is 0 Å². The summed E-state index contributed by atoms with van der Waals surface area (Å²) in [4.78, 5) is 23.1. The van der Waals surface area contributed by atoms with E-state index in [-0.39, 0.29) is 11.1 Å². The van der Waals surface area contributed by atoms with E-state index in [1.54, 1.807) is 12.1 Å². The molecule has 0 aromatic heterocycles. The molecule has 0 radical (unpaired) electrons. The number of carboxylic acid groups (broad SMARTS) is 1. The second-order valence-electron chi connectivity index (χ2n) is 7.22. The van der Waals surface area contributed by atoms with Crippen molar-refractivity contribution in [2.45, 2.75) is 84.0 Å². The molecule has 1 N–H and O–H groups in total. The minimum Gasteiger partial charge on any atom is -0.478 e. The molecule has 4 nitrogen and oxygen atoms in total. The number of esters is 1. The van der Waals surface area contributed by atoms with Gasteiger partial charge in [-0.1, -0.05) is 76.2 Å². The first kappa shape index (κ1) is 23.9. The molecule has 1 rings (SSSR count). The second-order valence-corrected chi connectivity index (χ2v) is 7.22. The maximum Gasteiger partial charge on any atom is 0.339 e. The Morgan fingerprint density at radius 2 is 1.36 bits per heavy atom. The highest BCUT2D eigenvalue weighted by atomic mass is 16.5. The average molecular weight is 389 g/mol.